The summed E-state index contributed by atoms with van der Waals surface area (Å²) < 4.78 is 1.90. The molecule has 1 fully saturated rings. The number of fused-ring (bicyclic) bond motifs is 1. The number of carbonyl (C=O) groups excluding carboxylic acids is 1. The first kappa shape index (κ1) is 16.9. The Balaban J connectivity index is 1.91. The van der Waals surface area contributed by atoms with Crippen LogP contribution in [0.4, 0.5) is 0 Å². The minimum atomic E-state index is -0.121. The number of H-pyrrole nitrogens is 1. The fraction of sp³-hybridized carbons (Fsp3) is 0.500. The van der Waals surface area contributed by atoms with E-state index in [0.29, 0.717) is 33.7 Å². The third-order valence-electron chi connectivity index (χ3n) is 4.99. The third-order valence-corrected chi connectivity index (χ3v) is 5.31. The molecule has 128 valence electrons. The van der Waals surface area contributed by atoms with E-state index in [1.54, 1.807) is 18.2 Å². The average Bonchev–Trinajstić information content (AvgIpc) is 2.56. The third kappa shape index (κ3) is 3.15. The van der Waals surface area contributed by atoms with Crippen molar-refractivity contribution in [1.82, 2.24) is 14.9 Å². The largest absolute Gasteiger partial charge is 0.349 e. The van der Waals surface area contributed by atoms with Crippen LogP contribution in [0, 0.1) is 10.7 Å². The Bertz CT molecular complexity index is 884. The predicted octanol–water partition coefficient (Wildman–Crippen LogP) is 3.39. The van der Waals surface area contributed by atoms with E-state index in [-0.39, 0.29) is 17.5 Å². The average molecular weight is 345 g/mol. The van der Waals surface area contributed by atoms with Crippen LogP contribution in [0.25, 0.3) is 10.9 Å². The van der Waals surface area contributed by atoms with E-state index in [0.717, 1.165) is 19.3 Å². The Morgan fingerprint density at radius 2 is 2.12 bits per heavy atom. The van der Waals surface area contributed by atoms with Gasteiger partial charge in [-0.1, -0.05) is 19.8 Å². The van der Waals surface area contributed by atoms with Gasteiger partial charge in [0.1, 0.15) is 0 Å². The van der Waals surface area contributed by atoms with Gasteiger partial charge in [0.05, 0.1) is 10.9 Å². The Morgan fingerprint density at radius 1 is 1.38 bits per heavy atom. The number of amides is 1. The van der Waals surface area contributed by atoms with Gasteiger partial charge in [-0.15, -0.1) is 0 Å². The second-order valence-electron chi connectivity index (χ2n) is 6.58. The lowest BCUT2D eigenvalue weighted by atomic mass is 9.86. The van der Waals surface area contributed by atoms with Crippen LogP contribution in [0.2, 0.25) is 0 Å². The van der Waals surface area contributed by atoms with Crippen LogP contribution in [0.3, 0.4) is 0 Å². The first-order chi connectivity index (χ1) is 11.5. The van der Waals surface area contributed by atoms with Gasteiger partial charge in [-0.25, -0.2) is 0 Å². The molecule has 1 aliphatic rings. The maximum absolute atomic E-state index is 12.6. The molecule has 0 bridgehead atoms. The molecule has 0 aliphatic heterocycles. The Morgan fingerprint density at radius 3 is 2.83 bits per heavy atom. The molecule has 0 saturated heterocycles. The minimum absolute atomic E-state index is 0.0883. The van der Waals surface area contributed by atoms with Crippen molar-refractivity contribution < 1.29 is 4.79 Å². The summed E-state index contributed by atoms with van der Waals surface area (Å²) >= 11 is 5.23. The van der Waals surface area contributed by atoms with E-state index in [2.05, 4.69) is 17.2 Å². The van der Waals surface area contributed by atoms with E-state index < -0.39 is 0 Å². The fourth-order valence-electron chi connectivity index (χ4n) is 3.47. The summed E-state index contributed by atoms with van der Waals surface area (Å²) in [6.07, 6.45) is 4.59. The molecule has 2 atom stereocenters. The second-order valence-corrected chi connectivity index (χ2v) is 6.97. The summed E-state index contributed by atoms with van der Waals surface area (Å²) in [7, 11) is 0. The van der Waals surface area contributed by atoms with Crippen molar-refractivity contribution in [2.45, 2.75) is 52.1 Å². The first-order valence-electron chi connectivity index (χ1n) is 8.59. The van der Waals surface area contributed by atoms with E-state index in [1.165, 1.54) is 11.0 Å². The Hall–Kier alpha value is -1.95. The molecule has 3 rings (SSSR count). The van der Waals surface area contributed by atoms with Crippen LogP contribution in [0.5, 0.6) is 0 Å². The topological polar surface area (TPSA) is 66.9 Å². The van der Waals surface area contributed by atoms with Crippen LogP contribution in [0.15, 0.2) is 23.0 Å². The summed E-state index contributed by atoms with van der Waals surface area (Å²) in [6.45, 7) is 4.59. The van der Waals surface area contributed by atoms with E-state index in [4.69, 9.17) is 12.2 Å². The quantitative estimate of drug-likeness (QED) is 0.838. The zero-order chi connectivity index (χ0) is 17.3. The summed E-state index contributed by atoms with van der Waals surface area (Å²) in [5.74, 6) is 0.417. The van der Waals surface area contributed by atoms with Crippen LogP contribution >= 0.6 is 12.2 Å². The van der Waals surface area contributed by atoms with E-state index >= 15 is 0 Å². The van der Waals surface area contributed by atoms with E-state index in [9.17, 15) is 9.59 Å². The standard InChI is InChI=1S/C18H23N3O2S/c1-3-21-17(23)13-9-8-12(10-15(13)20-18(21)24)16(22)19-14-7-5-4-6-11(14)2/h8-11,14H,3-7H2,1-2H3,(H,19,22)(H,20,24)/t11-,14+/m0/s1. The number of carbonyl (C=O) groups is 1. The number of hydrogen-bond acceptors (Lipinski definition) is 3. The molecule has 1 aliphatic carbocycles. The molecule has 2 aromatic rings. The monoisotopic (exact) mass is 345 g/mol. The zero-order valence-electron chi connectivity index (χ0n) is 14.1. The summed E-state index contributed by atoms with van der Waals surface area (Å²) in [4.78, 5) is 28.0. The highest BCUT2D eigenvalue weighted by atomic mass is 32.1. The van der Waals surface area contributed by atoms with Crippen molar-refractivity contribution in [3.8, 4) is 0 Å². The lowest BCUT2D eigenvalue weighted by Gasteiger charge is -2.29. The van der Waals surface area contributed by atoms with Crippen molar-refractivity contribution in [3.05, 3.63) is 38.9 Å². The number of nitrogens with one attached hydrogen (secondary N) is 2. The molecule has 0 radical (unpaired) electrons. The van der Waals surface area contributed by atoms with Gasteiger partial charge < -0.3 is 10.3 Å². The number of aromatic amines is 1. The number of benzene rings is 1. The minimum Gasteiger partial charge on any atom is -0.349 e. The summed E-state index contributed by atoms with van der Waals surface area (Å²) in [5.41, 5.74) is 1.04. The van der Waals surface area contributed by atoms with Gasteiger partial charge in [-0.05, 0) is 56.1 Å². The van der Waals surface area contributed by atoms with Gasteiger partial charge in [-0.3, -0.25) is 14.2 Å². The molecule has 1 aromatic carbocycles. The number of aromatic nitrogens is 2. The smallest absolute Gasteiger partial charge is 0.262 e. The highest BCUT2D eigenvalue weighted by Crippen LogP contribution is 2.24. The maximum Gasteiger partial charge on any atom is 0.262 e. The zero-order valence-corrected chi connectivity index (χ0v) is 14.9. The molecule has 5 nitrogen and oxygen atoms in total. The molecule has 0 spiro atoms. The lowest BCUT2D eigenvalue weighted by molar-refractivity contribution is 0.0910. The molecule has 1 saturated carbocycles. The molecular weight excluding hydrogens is 322 g/mol. The van der Waals surface area contributed by atoms with Gasteiger partial charge in [0.2, 0.25) is 0 Å². The van der Waals surface area contributed by atoms with Gasteiger partial charge in [0.15, 0.2) is 4.77 Å². The predicted molar refractivity (Wildman–Crippen MR) is 98.0 cm³/mol. The number of rotatable bonds is 3. The summed E-state index contributed by atoms with van der Waals surface area (Å²) in [5, 5.41) is 3.69. The molecule has 24 heavy (non-hydrogen) atoms. The molecule has 1 heterocycles. The first-order valence-corrected chi connectivity index (χ1v) is 9.00. The van der Waals surface area contributed by atoms with Crippen molar-refractivity contribution in [2.75, 3.05) is 0 Å². The van der Waals surface area contributed by atoms with Gasteiger partial charge in [0, 0.05) is 18.2 Å². The SMILES string of the molecule is CCn1c(=S)[nH]c2cc(C(=O)N[C@@H]3CCCC[C@@H]3C)ccc2c1=O. The van der Waals surface area contributed by atoms with E-state index in [1.807, 2.05) is 6.92 Å². The molecule has 1 aromatic heterocycles. The summed E-state index contributed by atoms with van der Waals surface area (Å²) in [6, 6.07) is 5.36. The van der Waals surface area contributed by atoms with Gasteiger partial charge in [0.25, 0.3) is 11.5 Å². The highest BCUT2D eigenvalue weighted by molar-refractivity contribution is 7.71. The molecule has 2 N–H and O–H groups in total. The number of nitrogens with zero attached hydrogens (tertiary/aromatic N) is 1. The molecule has 0 unspecified atom stereocenters. The van der Waals surface area contributed by atoms with Crippen LogP contribution in [-0.2, 0) is 6.54 Å². The lowest BCUT2D eigenvalue weighted by Crippen LogP contribution is -2.41. The van der Waals surface area contributed by atoms with Crippen molar-refractivity contribution in [2.24, 2.45) is 5.92 Å². The number of hydrogen-bond donors (Lipinski definition) is 2. The maximum atomic E-state index is 12.6. The highest BCUT2D eigenvalue weighted by Gasteiger charge is 2.23. The van der Waals surface area contributed by atoms with Crippen LogP contribution in [0.1, 0.15) is 49.9 Å². The van der Waals surface area contributed by atoms with Crippen LogP contribution < -0.4 is 10.9 Å². The van der Waals surface area contributed by atoms with Crippen molar-refractivity contribution in [3.63, 3.8) is 0 Å². The van der Waals surface area contributed by atoms with Crippen LogP contribution in [-0.4, -0.2) is 21.5 Å². The Labute approximate surface area is 146 Å². The second kappa shape index (κ2) is 6.89. The molecule has 1 amide bonds. The fourth-order valence-corrected chi connectivity index (χ4v) is 3.79. The van der Waals surface area contributed by atoms with Crippen molar-refractivity contribution in [1.29, 1.82) is 0 Å². The molecule has 6 heteroatoms. The van der Waals surface area contributed by atoms with Gasteiger partial charge in [-0.2, -0.15) is 0 Å². The normalized spacial score (nSPS) is 20.9. The Kier molecular flexibility index (Phi) is 4.85. The van der Waals surface area contributed by atoms with Gasteiger partial charge >= 0.3 is 0 Å². The van der Waals surface area contributed by atoms with Crippen molar-refractivity contribution >= 4 is 29.0 Å². The molecular formula is C18H23N3O2S.